The van der Waals surface area contributed by atoms with Crippen LogP contribution < -0.4 is 15.8 Å². The van der Waals surface area contributed by atoms with E-state index in [1.54, 1.807) is 30.3 Å². The molecule has 10 nitrogen and oxygen atoms in total. The van der Waals surface area contributed by atoms with Crippen LogP contribution >= 0.6 is 0 Å². The summed E-state index contributed by atoms with van der Waals surface area (Å²) in [4.78, 5) is 38.1. The Labute approximate surface area is 188 Å². The Kier molecular flexibility index (Phi) is 5.77. The number of amides is 4. The fraction of sp³-hybridized carbons (Fsp3) is 0.190. The number of hydrogen-bond donors (Lipinski definition) is 3. The largest absolute Gasteiger partial charge is 0.351 e. The van der Waals surface area contributed by atoms with Gasteiger partial charge < -0.3 is 16.0 Å². The minimum atomic E-state index is -4.19. The van der Waals surface area contributed by atoms with Gasteiger partial charge in [0, 0.05) is 18.0 Å². The zero-order valence-corrected chi connectivity index (χ0v) is 18.0. The van der Waals surface area contributed by atoms with Crippen LogP contribution in [0.1, 0.15) is 6.42 Å². The zero-order chi connectivity index (χ0) is 23.8. The second-order valence-electron chi connectivity index (χ2n) is 7.48. The number of nitrogens with one attached hydrogen (secondary N) is 2. The highest BCUT2D eigenvalue weighted by atomic mass is 32.2. The third-order valence-electron chi connectivity index (χ3n) is 5.29. The van der Waals surface area contributed by atoms with E-state index < -0.39 is 46.8 Å². The highest BCUT2D eigenvalue weighted by Gasteiger charge is 2.41. The number of hydrogen-bond acceptors (Lipinski definition) is 5. The molecule has 1 aromatic heterocycles. The molecule has 0 bridgehead atoms. The molecule has 1 aliphatic rings. The van der Waals surface area contributed by atoms with E-state index in [0.29, 0.717) is 10.9 Å². The summed E-state index contributed by atoms with van der Waals surface area (Å²) in [6.07, 6.45) is -0.548. The first-order chi connectivity index (χ1) is 15.7. The van der Waals surface area contributed by atoms with Gasteiger partial charge in [0.05, 0.1) is 22.6 Å². The summed E-state index contributed by atoms with van der Waals surface area (Å²) in [7, 11) is -4.19. The Morgan fingerprint density at radius 3 is 2.39 bits per heavy atom. The van der Waals surface area contributed by atoms with E-state index in [1.165, 1.54) is 30.5 Å². The van der Waals surface area contributed by atoms with Crippen LogP contribution in [-0.4, -0.2) is 54.6 Å². The number of nitrogens with zero attached hydrogens (tertiary/aromatic N) is 2. The number of fused-ring (bicyclic) bond motifs is 1. The molecule has 4 rings (SSSR count). The predicted octanol–water partition coefficient (Wildman–Crippen LogP) is 2.02. The number of rotatable bonds is 4. The van der Waals surface area contributed by atoms with Crippen molar-refractivity contribution in [2.75, 3.05) is 11.9 Å². The summed E-state index contributed by atoms with van der Waals surface area (Å²) in [5.74, 6) is -1.02. The maximum Gasteiger partial charge on any atom is 0.323 e. The fourth-order valence-corrected chi connectivity index (χ4v) is 4.80. The molecule has 0 aliphatic carbocycles. The maximum atomic E-state index is 14.2. The molecule has 1 saturated heterocycles. The third-order valence-corrected chi connectivity index (χ3v) is 6.66. The number of likely N-dealkylation sites (tertiary alicyclic amines) is 1. The smallest absolute Gasteiger partial charge is 0.323 e. The van der Waals surface area contributed by atoms with E-state index in [-0.39, 0.29) is 17.0 Å². The van der Waals surface area contributed by atoms with Crippen molar-refractivity contribution in [1.82, 2.24) is 14.2 Å². The van der Waals surface area contributed by atoms with Crippen molar-refractivity contribution in [2.24, 2.45) is 5.73 Å². The van der Waals surface area contributed by atoms with Crippen LogP contribution in [0, 0.1) is 0 Å². The zero-order valence-electron chi connectivity index (χ0n) is 17.1. The fourth-order valence-electron chi connectivity index (χ4n) is 3.77. The van der Waals surface area contributed by atoms with Crippen molar-refractivity contribution in [1.29, 1.82) is 0 Å². The van der Waals surface area contributed by atoms with Crippen molar-refractivity contribution in [3.05, 3.63) is 60.8 Å². The molecule has 3 aromatic rings. The molecule has 0 spiro atoms. The van der Waals surface area contributed by atoms with Crippen LogP contribution in [0.3, 0.4) is 0 Å². The van der Waals surface area contributed by atoms with Crippen molar-refractivity contribution >= 4 is 44.6 Å². The van der Waals surface area contributed by atoms with E-state index in [9.17, 15) is 27.2 Å². The summed E-state index contributed by atoms with van der Waals surface area (Å²) in [6, 6.07) is 11.0. The van der Waals surface area contributed by atoms with Crippen molar-refractivity contribution in [3.63, 3.8) is 0 Å². The van der Waals surface area contributed by atoms with Crippen LogP contribution in [0.4, 0.5) is 19.7 Å². The summed E-state index contributed by atoms with van der Waals surface area (Å²) in [5, 5.41) is 3.07. The van der Waals surface area contributed by atoms with Gasteiger partial charge in [0.1, 0.15) is 12.2 Å². The quantitative estimate of drug-likeness (QED) is 0.531. The van der Waals surface area contributed by atoms with E-state index in [2.05, 4.69) is 5.32 Å². The lowest BCUT2D eigenvalue weighted by Gasteiger charge is -2.23. The molecular formula is C21H20FN5O5S. The summed E-state index contributed by atoms with van der Waals surface area (Å²) in [6.45, 7) is -0.399. The van der Waals surface area contributed by atoms with Gasteiger partial charge in [-0.1, -0.05) is 36.4 Å². The SMILES string of the molecule is NC(=O)n1cc(NC(=O)N2C[C@H](F)C[C@H]2C(=O)NS(=O)(=O)c2ccccc2)c2ccccc21. The number of aromatic nitrogens is 1. The number of sulfonamides is 1. The second kappa shape index (κ2) is 8.54. The van der Waals surface area contributed by atoms with Gasteiger partial charge in [-0.2, -0.15) is 0 Å². The first kappa shape index (κ1) is 22.3. The molecule has 2 atom stereocenters. The highest BCUT2D eigenvalue weighted by Crippen LogP contribution is 2.28. The maximum absolute atomic E-state index is 14.2. The topological polar surface area (TPSA) is 144 Å². The van der Waals surface area contributed by atoms with Crippen LogP contribution in [-0.2, 0) is 14.8 Å². The average molecular weight is 473 g/mol. The Morgan fingerprint density at radius 2 is 1.70 bits per heavy atom. The second-order valence-corrected chi connectivity index (χ2v) is 9.16. The number of urea groups is 1. The Hall–Kier alpha value is -3.93. The van der Waals surface area contributed by atoms with Crippen molar-refractivity contribution in [2.45, 2.75) is 23.5 Å². The van der Waals surface area contributed by atoms with Crippen LogP contribution in [0.25, 0.3) is 10.9 Å². The minimum absolute atomic E-state index is 0.136. The Morgan fingerprint density at radius 1 is 1.03 bits per heavy atom. The monoisotopic (exact) mass is 473 g/mol. The summed E-state index contributed by atoms with van der Waals surface area (Å²) < 4.78 is 42.2. The first-order valence-electron chi connectivity index (χ1n) is 9.90. The van der Waals surface area contributed by atoms with Crippen molar-refractivity contribution in [3.8, 4) is 0 Å². The molecule has 2 aromatic carbocycles. The number of nitrogens with two attached hydrogens (primary N) is 1. The van der Waals surface area contributed by atoms with Gasteiger partial charge in [0.25, 0.3) is 15.9 Å². The lowest BCUT2D eigenvalue weighted by atomic mass is 10.2. The van der Waals surface area contributed by atoms with Gasteiger partial charge in [-0.25, -0.2) is 27.1 Å². The molecule has 4 amide bonds. The van der Waals surface area contributed by atoms with Gasteiger partial charge in [0.2, 0.25) is 0 Å². The van der Waals surface area contributed by atoms with Gasteiger partial charge >= 0.3 is 12.1 Å². The molecule has 0 unspecified atom stereocenters. The molecule has 1 fully saturated rings. The number of para-hydroxylation sites is 1. The van der Waals surface area contributed by atoms with Crippen LogP contribution in [0.2, 0.25) is 0 Å². The predicted molar refractivity (Wildman–Crippen MR) is 118 cm³/mol. The molecule has 4 N–H and O–H groups in total. The normalized spacial score (nSPS) is 18.3. The first-order valence-corrected chi connectivity index (χ1v) is 11.4. The molecule has 1 aliphatic heterocycles. The number of benzene rings is 2. The number of primary amides is 1. The average Bonchev–Trinajstić information content (AvgIpc) is 3.35. The number of anilines is 1. The van der Waals surface area contributed by atoms with Crippen LogP contribution in [0.15, 0.2) is 65.7 Å². The molecule has 0 radical (unpaired) electrons. The Balaban J connectivity index is 1.56. The van der Waals surface area contributed by atoms with Gasteiger partial charge in [0.15, 0.2) is 0 Å². The Bertz CT molecular complexity index is 1340. The molecule has 12 heteroatoms. The molecule has 33 heavy (non-hydrogen) atoms. The molecule has 2 heterocycles. The number of carbonyl (C=O) groups is 3. The summed E-state index contributed by atoms with van der Waals surface area (Å²) >= 11 is 0. The molecule has 172 valence electrons. The minimum Gasteiger partial charge on any atom is -0.351 e. The van der Waals surface area contributed by atoms with Gasteiger partial charge in [-0.05, 0) is 18.2 Å². The van der Waals surface area contributed by atoms with Gasteiger partial charge in [-0.3, -0.25) is 9.36 Å². The number of carbonyl (C=O) groups excluding carboxylic acids is 3. The molecular weight excluding hydrogens is 453 g/mol. The third kappa shape index (κ3) is 4.37. The molecule has 0 saturated carbocycles. The lowest BCUT2D eigenvalue weighted by Crippen LogP contribution is -2.48. The van der Waals surface area contributed by atoms with E-state index in [0.717, 1.165) is 9.47 Å². The van der Waals surface area contributed by atoms with E-state index in [1.807, 2.05) is 4.72 Å². The standard InChI is InChI=1S/C21H20FN5O5S/c22-13-10-18(19(28)25-33(31,32)14-6-2-1-3-7-14)27(11-13)21(30)24-16-12-26(20(23)29)17-9-5-4-8-15(16)17/h1-9,12-13,18H,10-11H2,(H2,23,29)(H,24,30)(H,25,28)/t13-,18+/m1/s1. The summed E-state index contributed by atoms with van der Waals surface area (Å²) in [5.41, 5.74) is 6.06. The number of halogens is 1. The van der Waals surface area contributed by atoms with Gasteiger partial charge in [-0.15, -0.1) is 0 Å². The van der Waals surface area contributed by atoms with E-state index >= 15 is 0 Å². The van der Waals surface area contributed by atoms with Crippen LogP contribution in [0.5, 0.6) is 0 Å². The van der Waals surface area contributed by atoms with Crippen molar-refractivity contribution < 1.29 is 27.2 Å². The number of alkyl halides is 1. The lowest BCUT2D eigenvalue weighted by molar-refractivity contribution is -0.122. The van der Waals surface area contributed by atoms with E-state index in [4.69, 9.17) is 5.73 Å². The highest BCUT2D eigenvalue weighted by molar-refractivity contribution is 7.90.